The maximum Gasteiger partial charge on any atom is 0.416 e. The highest BCUT2D eigenvalue weighted by Gasteiger charge is 2.30. The van der Waals surface area contributed by atoms with E-state index in [1.54, 1.807) is 28.8 Å². The summed E-state index contributed by atoms with van der Waals surface area (Å²) in [5.41, 5.74) is 0.824. The van der Waals surface area contributed by atoms with Gasteiger partial charge >= 0.3 is 6.18 Å². The van der Waals surface area contributed by atoms with Crippen molar-refractivity contribution < 1.29 is 18.0 Å². The van der Waals surface area contributed by atoms with Crippen LogP contribution in [0.4, 0.5) is 13.2 Å². The van der Waals surface area contributed by atoms with E-state index >= 15 is 0 Å². The maximum absolute atomic E-state index is 12.7. The van der Waals surface area contributed by atoms with Crippen molar-refractivity contribution in [2.75, 3.05) is 0 Å². The van der Waals surface area contributed by atoms with Crippen LogP contribution >= 0.6 is 12.2 Å². The Morgan fingerprint density at radius 1 is 1.16 bits per heavy atom. The summed E-state index contributed by atoms with van der Waals surface area (Å²) in [6, 6.07) is 11.4. The van der Waals surface area contributed by atoms with Crippen LogP contribution in [0.5, 0.6) is 0 Å². The molecular weight excluding hydrogens is 351 g/mol. The number of H-pyrrole nitrogens is 1. The molecule has 0 amide bonds. The molecule has 0 radical (unpaired) electrons. The number of carbonyl (C=O) groups is 1. The second kappa shape index (κ2) is 6.29. The lowest BCUT2D eigenvalue weighted by molar-refractivity contribution is -0.137. The zero-order valence-corrected chi connectivity index (χ0v) is 13.8. The highest BCUT2D eigenvalue weighted by molar-refractivity contribution is 7.71. The minimum Gasteiger partial charge on any atom is -0.295 e. The maximum atomic E-state index is 12.7. The zero-order chi connectivity index (χ0) is 18.2. The molecule has 25 heavy (non-hydrogen) atoms. The number of hydrogen-bond acceptors (Lipinski definition) is 3. The van der Waals surface area contributed by atoms with Gasteiger partial charge in [-0.1, -0.05) is 24.3 Å². The lowest BCUT2D eigenvalue weighted by Gasteiger charge is -2.10. The van der Waals surface area contributed by atoms with Gasteiger partial charge in [-0.05, 0) is 43.4 Å². The fourth-order valence-corrected chi connectivity index (χ4v) is 2.64. The molecule has 0 aliphatic heterocycles. The molecule has 1 aromatic heterocycles. The Morgan fingerprint density at radius 2 is 1.84 bits per heavy atom. The van der Waals surface area contributed by atoms with E-state index in [1.807, 2.05) is 0 Å². The number of aromatic amines is 1. The summed E-state index contributed by atoms with van der Waals surface area (Å²) in [5, 5.41) is 6.74. The first kappa shape index (κ1) is 17.1. The molecule has 128 valence electrons. The average molecular weight is 363 g/mol. The summed E-state index contributed by atoms with van der Waals surface area (Å²) in [7, 11) is 0. The number of nitrogens with zero attached hydrogens (tertiary/aromatic N) is 2. The molecule has 0 atom stereocenters. The topological polar surface area (TPSA) is 50.7 Å². The summed E-state index contributed by atoms with van der Waals surface area (Å²) in [6.07, 6.45) is -4.40. The Balaban J connectivity index is 2.10. The summed E-state index contributed by atoms with van der Waals surface area (Å²) in [6.45, 7) is 1.45. The van der Waals surface area contributed by atoms with E-state index in [4.69, 9.17) is 12.2 Å². The van der Waals surface area contributed by atoms with Crippen molar-refractivity contribution in [1.82, 2.24) is 14.8 Å². The molecule has 2 aromatic carbocycles. The summed E-state index contributed by atoms with van der Waals surface area (Å²) >= 11 is 5.23. The van der Waals surface area contributed by atoms with E-state index in [-0.39, 0.29) is 10.6 Å². The van der Waals surface area contributed by atoms with E-state index in [2.05, 4.69) is 10.2 Å². The number of hydrogen-bond donors (Lipinski definition) is 1. The number of aromatic nitrogens is 3. The van der Waals surface area contributed by atoms with Crippen molar-refractivity contribution >= 4 is 18.0 Å². The first-order valence-electron chi connectivity index (χ1n) is 7.24. The number of alkyl halides is 3. The Morgan fingerprint density at radius 3 is 2.44 bits per heavy atom. The van der Waals surface area contributed by atoms with Crippen LogP contribution in [-0.4, -0.2) is 20.5 Å². The number of halogens is 3. The second-order valence-corrected chi connectivity index (χ2v) is 5.76. The van der Waals surface area contributed by atoms with E-state index in [0.717, 1.165) is 12.1 Å². The van der Waals surface area contributed by atoms with Gasteiger partial charge in [0.2, 0.25) is 0 Å². The van der Waals surface area contributed by atoms with Crippen LogP contribution in [0.3, 0.4) is 0 Å². The summed E-state index contributed by atoms with van der Waals surface area (Å²) in [5.74, 6) is 0.257. The Kier molecular flexibility index (Phi) is 4.30. The molecule has 0 saturated heterocycles. The predicted octanol–water partition coefficient (Wildman–Crippen LogP) is 4.82. The third-order valence-corrected chi connectivity index (χ3v) is 3.93. The fourth-order valence-electron chi connectivity index (χ4n) is 2.40. The van der Waals surface area contributed by atoms with Gasteiger partial charge in [-0.3, -0.25) is 14.5 Å². The molecule has 0 aliphatic rings. The van der Waals surface area contributed by atoms with Crippen LogP contribution in [0.25, 0.3) is 17.1 Å². The number of Topliss-reactive ketones (excluding diaryl/α,β-unsaturated/α-hetero) is 1. The third kappa shape index (κ3) is 3.39. The highest BCUT2D eigenvalue weighted by atomic mass is 32.1. The lowest BCUT2D eigenvalue weighted by Crippen LogP contribution is -2.05. The number of nitrogens with one attached hydrogen (secondary N) is 1. The van der Waals surface area contributed by atoms with Crippen molar-refractivity contribution in [2.24, 2.45) is 0 Å². The smallest absolute Gasteiger partial charge is 0.295 e. The van der Waals surface area contributed by atoms with E-state index < -0.39 is 11.7 Å². The monoisotopic (exact) mass is 363 g/mol. The largest absolute Gasteiger partial charge is 0.416 e. The van der Waals surface area contributed by atoms with Gasteiger partial charge in [-0.25, -0.2) is 0 Å². The van der Waals surface area contributed by atoms with E-state index in [1.165, 1.54) is 19.1 Å². The average Bonchev–Trinajstić information content (AvgIpc) is 2.96. The molecule has 3 aromatic rings. The number of benzene rings is 2. The Labute approximate surface area is 145 Å². The fraction of sp³-hybridized carbons (Fsp3) is 0.118. The van der Waals surface area contributed by atoms with Gasteiger partial charge in [0.05, 0.1) is 11.3 Å². The molecule has 8 heteroatoms. The van der Waals surface area contributed by atoms with Crippen LogP contribution in [0, 0.1) is 4.77 Å². The van der Waals surface area contributed by atoms with Gasteiger partial charge in [0.25, 0.3) is 0 Å². The van der Waals surface area contributed by atoms with Gasteiger partial charge in [-0.15, -0.1) is 0 Å². The molecular formula is C17H12F3N3OS. The van der Waals surface area contributed by atoms with Crippen LogP contribution in [0.15, 0.2) is 48.5 Å². The van der Waals surface area contributed by atoms with Crippen molar-refractivity contribution in [1.29, 1.82) is 0 Å². The van der Waals surface area contributed by atoms with Crippen LogP contribution in [-0.2, 0) is 6.18 Å². The van der Waals surface area contributed by atoms with Crippen molar-refractivity contribution in [3.63, 3.8) is 0 Å². The highest BCUT2D eigenvalue weighted by Crippen LogP contribution is 2.31. The molecule has 0 saturated carbocycles. The van der Waals surface area contributed by atoms with E-state index in [9.17, 15) is 18.0 Å². The van der Waals surface area contributed by atoms with Crippen LogP contribution in [0.1, 0.15) is 22.8 Å². The van der Waals surface area contributed by atoms with Crippen LogP contribution < -0.4 is 0 Å². The van der Waals surface area contributed by atoms with Crippen molar-refractivity contribution in [2.45, 2.75) is 13.1 Å². The summed E-state index contributed by atoms with van der Waals surface area (Å²) < 4.78 is 40.0. The first-order valence-corrected chi connectivity index (χ1v) is 7.64. The number of ketones is 1. The van der Waals surface area contributed by atoms with Crippen LogP contribution in [0.2, 0.25) is 0 Å². The Hall–Kier alpha value is -2.74. The molecule has 1 N–H and O–H groups in total. The van der Waals surface area contributed by atoms with Gasteiger partial charge in [0.15, 0.2) is 16.4 Å². The predicted molar refractivity (Wildman–Crippen MR) is 89.2 cm³/mol. The molecule has 4 nitrogen and oxygen atoms in total. The quantitative estimate of drug-likeness (QED) is 0.536. The van der Waals surface area contributed by atoms with Crippen molar-refractivity contribution in [3.05, 3.63) is 64.4 Å². The van der Waals surface area contributed by atoms with E-state index in [0.29, 0.717) is 22.6 Å². The van der Waals surface area contributed by atoms with Gasteiger partial charge in [0.1, 0.15) is 0 Å². The Bertz CT molecular complexity index is 987. The zero-order valence-electron chi connectivity index (χ0n) is 13.0. The van der Waals surface area contributed by atoms with Gasteiger partial charge in [0, 0.05) is 11.1 Å². The SMILES string of the molecule is CC(=O)c1cccc(-n2c(-c3ccc(C(F)(F)F)cc3)n[nH]c2=S)c1. The molecule has 0 fully saturated rings. The van der Waals surface area contributed by atoms with Crippen molar-refractivity contribution in [3.8, 4) is 17.1 Å². The van der Waals surface area contributed by atoms with Gasteiger partial charge < -0.3 is 0 Å². The minimum atomic E-state index is -4.40. The second-order valence-electron chi connectivity index (χ2n) is 5.37. The molecule has 0 spiro atoms. The standard InChI is InChI=1S/C17H12F3N3OS/c1-10(24)12-3-2-4-14(9-12)23-15(21-22-16(23)25)11-5-7-13(8-6-11)17(18,19)20/h2-9H,1H3,(H,22,25). The number of carbonyl (C=O) groups excluding carboxylic acids is 1. The summed E-state index contributed by atoms with van der Waals surface area (Å²) in [4.78, 5) is 11.6. The number of rotatable bonds is 3. The molecule has 0 unspecified atom stereocenters. The normalized spacial score (nSPS) is 11.5. The third-order valence-electron chi connectivity index (χ3n) is 3.65. The molecule has 1 heterocycles. The first-order chi connectivity index (χ1) is 11.8. The minimum absolute atomic E-state index is 0.104. The molecule has 0 aliphatic carbocycles. The lowest BCUT2D eigenvalue weighted by atomic mass is 10.1. The van der Waals surface area contributed by atoms with Gasteiger partial charge in [-0.2, -0.15) is 18.3 Å². The molecule has 3 rings (SSSR count). The molecule has 0 bridgehead atoms.